The molecule has 4 nitrogen and oxygen atoms in total. The van der Waals surface area contributed by atoms with E-state index in [-0.39, 0.29) is 11.5 Å². The predicted molar refractivity (Wildman–Crippen MR) is 106 cm³/mol. The zero-order chi connectivity index (χ0) is 20.0. The molecule has 0 saturated heterocycles. The van der Waals surface area contributed by atoms with Crippen molar-refractivity contribution in [2.45, 2.75) is 86.0 Å². The van der Waals surface area contributed by atoms with E-state index >= 15 is 0 Å². The summed E-state index contributed by atoms with van der Waals surface area (Å²) in [4.78, 5) is 11.2. The van der Waals surface area contributed by atoms with Crippen molar-refractivity contribution in [2.24, 2.45) is 10.8 Å². The summed E-state index contributed by atoms with van der Waals surface area (Å²) in [6.07, 6.45) is 7.07. The number of aliphatic carboxylic acids is 1. The Morgan fingerprint density at radius 2 is 1.46 bits per heavy atom. The molecule has 26 heavy (non-hydrogen) atoms. The first kappa shape index (κ1) is 22.3. The molecule has 0 saturated carbocycles. The lowest BCUT2D eigenvalue weighted by molar-refractivity contribution is -0.147. The molecule has 0 unspecified atom stereocenters. The Morgan fingerprint density at radius 1 is 0.885 bits per heavy atom. The normalized spacial score (nSPS) is 12.3. The molecule has 0 aliphatic carbocycles. The van der Waals surface area contributed by atoms with Crippen molar-refractivity contribution in [1.82, 2.24) is 0 Å². The van der Waals surface area contributed by atoms with E-state index in [0.29, 0.717) is 18.3 Å². The summed E-state index contributed by atoms with van der Waals surface area (Å²) in [5.74, 6) is -0.877. The molecule has 0 spiro atoms. The molecule has 1 rings (SSSR count). The third-order valence-electron chi connectivity index (χ3n) is 5.04. The summed E-state index contributed by atoms with van der Waals surface area (Å²) >= 11 is 0. The van der Waals surface area contributed by atoms with Crippen LogP contribution in [0.3, 0.4) is 0 Å². The van der Waals surface area contributed by atoms with Crippen LogP contribution >= 0.6 is 0 Å². The lowest BCUT2D eigenvalue weighted by atomic mass is 9.86. The summed E-state index contributed by atoms with van der Waals surface area (Å²) in [7, 11) is 0. The number of phenols is 2. The standard InChI is InChI=1S/C22H36O4/c1-21(2,3)14-8-6-10-16-12-13-18(23)19(24)17(16)11-7-9-15-22(4,5)20(25)26/h12-13,23-24H,6-11,14-15H2,1-5H3,(H,25,26). The van der Waals surface area contributed by atoms with Crippen LogP contribution in [-0.2, 0) is 17.6 Å². The number of hydrogen-bond donors (Lipinski definition) is 3. The van der Waals surface area contributed by atoms with E-state index in [4.69, 9.17) is 0 Å². The second-order valence-corrected chi connectivity index (χ2v) is 9.23. The van der Waals surface area contributed by atoms with Gasteiger partial charge < -0.3 is 15.3 Å². The van der Waals surface area contributed by atoms with Gasteiger partial charge in [-0.05, 0) is 69.4 Å². The third kappa shape index (κ3) is 7.27. The van der Waals surface area contributed by atoms with Crippen LogP contribution in [0.25, 0.3) is 0 Å². The molecule has 0 amide bonds. The lowest BCUT2D eigenvalue weighted by Gasteiger charge is -2.19. The monoisotopic (exact) mass is 364 g/mol. The summed E-state index contributed by atoms with van der Waals surface area (Å²) in [6, 6.07) is 3.47. The summed E-state index contributed by atoms with van der Waals surface area (Å²) in [6.45, 7) is 10.2. The highest BCUT2D eigenvalue weighted by Crippen LogP contribution is 2.34. The van der Waals surface area contributed by atoms with E-state index in [1.54, 1.807) is 19.9 Å². The molecule has 4 heteroatoms. The number of unbranched alkanes of at least 4 members (excludes halogenated alkanes) is 2. The van der Waals surface area contributed by atoms with Gasteiger partial charge in [0.25, 0.3) is 0 Å². The third-order valence-corrected chi connectivity index (χ3v) is 5.04. The number of hydrogen-bond acceptors (Lipinski definition) is 3. The van der Waals surface area contributed by atoms with Crippen molar-refractivity contribution in [3.05, 3.63) is 23.3 Å². The van der Waals surface area contributed by atoms with Crippen LogP contribution in [0.4, 0.5) is 0 Å². The summed E-state index contributed by atoms with van der Waals surface area (Å²) in [5, 5.41) is 29.3. The topological polar surface area (TPSA) is 77.8 Å². The van der Waals surface area contributed by atoms with E-state index < -0.39 is 11.4 Å². The van der Waals surface area contributed by atoms with Gasteiger partial charge in [-0.25, -0.2) is 0 Å². The Bertz CT molecular complexity index is 597. The Hall–Kier alpha value is -1.71. The first-order valence-corrected chi connectivity index (χ1v) is 9.70. The van der Waals surface area contributed by atoms with E-state index in [9.17, 15) is 20.1 Å². The highest BCUT2D eigenvalue weighted by molar-refractivity contribution is 5.73. The minimum Gasteiger partial charge on any atom is -0.504 e. The second kappa shape index (κ2) is 9.29. The van der Waals surface area contributed by atoms with Crippen LogP contribution in [0.5, 0.6) is 11.5 Å². The molecule has 0 aromatic heterocycles. The fourth-order valence-electron chi connectivity index (χ4n) is 3.13. The van der Waals surface area contributed by atoms with Crippen LogP contribution in [0.1, 0.15) is 84.3 Å². The molecular weight excluding hydrogens is 328 g/mol. The molecule has 0 radical (unpaired) electrons. The van der Waals surface area contributed by atoms with E-state index in [0.717, 1.165) is 49.7 Å². The molecule has 0 aliphatic heterocycles. The van der Waals surface area contributed by atoms with E-state index in [2.05, 4.69) is 20.8 Å². The number of carboxylic acid groups (broad SMARTS) is 1. The molecule has 0 aliphatic rings. The fraction of sp³-hybridized carbons (Fsp3) is 0.682. The molecule has 0 bridgehead atoms. The SMILES string of the molecule is CC(C)(C)CCCCc1ccc(O)c(O)c1CCCCC(C)(C)C(=O)O. The zero-order valence-electron chi connectivity index (χ0n) is 17.1. The average Bonchev–Trinajstić information content (AvgIpc) is 2.52. The lowest BCUT2D eigenvalue weighted by Crippen LogP contribution is -2.23. The number of aryl methyl sites for hydroxylation is 1. The van der Waals surface area contributed by atoms with Crippen molar-refractivity contribution in [3.8, 4) is 11.5 Å². The average molecular weight is 365 g/mol. The second-order valence-electron chi connectivity index (χ2n) is 9.23. The maximum atomic E-state index is 11.2. The van der Waals surface area contributed by atoms with Gasteiger partial charge in [0.2, 0.25) is 0 Å². The molecule has 0 heterocycles. The van der Waals surface area contributed by atoms with Gasteiger partial charge in [0.15, 0.2) is 11.5 Å². The van der Waals surface area contributed by atoms with Gasteiger partial charge in [-0.2, -0.15) is 0 Å². The molecule has 0 atom stereocenters. The maximum absolute atomic E-state index is 11.2. The van der Waals surface area contributed by atoms with Gasteiger partial charge >= 0.3 is 5.97 Å². The maximum Gasteiger partial charge on any atom is 0.309 e. The molecular formula is C22H36O4. The number of phenolic OH excluding ortho intramolecular Hbond substituents is 2. The number of carbonyl (C=O) groups is 1. The Kier molecular flexibility index (Phi) is 7.98. The number of benzene rings is 1. The van der Waals surface area contributed by atoms with Gasteiger partial charge in [-0.1, -0.05) is 39.7 Å². The smallest absolute Gasteiger partial charge is 0.309 e. The van der Waals surface area contributed by atoms with Gasteiger partial charge in [0.05, 0.1) is 5.41 Å². The molecule has 0 fully saturated rings. The van der Waals surface area contributed by atoms with Crippen molar-refractivity contribution in [3.63, 3.8) is 0 Å². The number of aromatic hydroxyl groups is 2. The van der Waals surface area contributed by atoms with Crippen LogP contribution in [-0.4, -0.2) is 21.3 Å². The minimum atomic E-state index is -0.780. The van der Waals surface area contributed by atoms with E-state index in [1.165, 1.54) is 0 Å². The van der Waals surface area contributed by atoms with Crippen molar-refractivity contribution in [2.75, 3.05) is 0 Å². The van der Waals surface area contributed by atoms with Gasteiger partial charge in [-0.15, -0.1) is 0 Å². The largest absolute Gasteiger partial charge is 0.504 e. The van der Waals surface area contributed by atoms with Crippen molar-refractivity contribution >= 4 is 5.97 Å². The molecule has 148 valence electrons. The first-order chi connectivity index (χ1) is 11.9. The quantitative estimate of drug-likeness (QED) is 0.369. The molecule has 1 aromatic rings. The van der Waals surface area contributed by atoms with Gasteiger partial charge in [0, 0.05) is 5.56 Å². The number of carboxylic acids is 1. The molecule has 1 aromatic carbocycles. The predicted octanol–water partition coefficient (Wildman–Crippen LogP) is 5.68. The van der Waals surface area contributed by atoms with Crippen molar-refractivity contribution in [1.29, 1.82) is 0 Å². The highest BCUT2D eigenvalue weighted by Gasteiger charge is 2.26. The van der Waals surface area contributed by atoms with E-state index in [1.807, 2.05) is 6.07 Å². The fourth-order valence-corrected chi connectivity index (χ4v) is 3.13. The number of rotatable bonds is 10. The van der Waals surface area contributed by atoms with Crippen molar-refractivity contribution < 1.29 is 20.1 Å². The van der Waals surface area contributed by atoms with Crippen LogP contribution in [0.15, 0.2) is 12.1 Å². The zero-order valence-corrected chi connectivity index (χ0v) is 17.1. The Morgan fingerprint density at radius 3 is 2.04 bits per heavy atom. The summed E-state index contributed by atoms with van der Waals surface area (Å²) < 4.78 is 0. The molecule has 3 N–H and O–H groups in total. The van der Waals surface area contributed by atoms with Gasteiger partial charge in [-0.3, -0.25) is 4.79 Å². The Balaban J connectivity index is 2.65. The Labute approximate surface area is 158 Å². The summed E-state index contributed by atoms with van der Waals surface area (Å²) in [5.41, 5.74) is 1.51. The first-order valence-electron chi connectivity index (χ1n) is 9.70. The van der Waals surface area contributed by atoms with Crippen LogP contribution in [0.2, 0.25) is 0 Å². The highest BCUT2D eigenvalue weighted by atomic mass is 16.4. The van der Waals surface area contributed by atoms with Crippen LogP contribution < -0.4 is 0 Å². The van der Waals surface area contributed by atoms with Crippen LogP contribution in [0, 0.1) is 10.8 Å². The minimum absolute atomic E-state index is 0.0178. The van der Waals surface area contributed by atoms with Gasteiger partial charge in [0.1, 0.15) is 0 Å².